The molecule has 0 spiro atoms. The van der Waals surface area contributed by atoms with Crippen LogP contribution >= 0.6 is 22.9 Å². The van der Waals surface area contributed by atoms with E-state index in [9.17, 15) is 19.2 Å². The minimum atomic E-state index is -0.908. The fourth-order valence-electron chi connectivity index (χ4n) is 4.28. The summed E-state index contributed by atoms with van der Waals surface area (Å²) in [6.45, 7) is 7.61. The average molecular weight is 591 g/mol. The second kappa shape index (κ2) is 12.9. The molecule has 0 bridgehead atoms. The molecule has 2 fully saturated rings. The molecule has 11 nitrogen and oxygen atoms in total. The number of carbonyl (C=O) groups excluding carboxylic acids is 4. The number of ketones is 1. The molecule has 40 heavy (non-hydrogen) atoms. The van der Waals surface area contributed by atoms with Gasteiger partial charge in [0.2, 0.25) is 23.5 Å². The van der Waals surface area contributed by atoms with Crippen molar-refractivity contribution in [3.63, 3.8) is 0 Å². The number of rotatable bonds is 12. The van der Waals surface area contributed by atoms with Gasteiger partial charge in [0.25, 0.3) is 5.91 Å². The van der Waals surface area contributed by atoms with Gasteiger partial charge in [-0.1, -0.05) is 39.3 Å². The molecular weight excluding hydrogens is 556 g/mol. The fraction of sp³-hybridized carbons (Fsp3) is 0.556. The molecule has 1 saturated heterocycles. The lowest BCUT2D eigenvalue weighted by Crippen LogP contribution is -2.53. The van der Waals surface area contributed by atoms with Crippen LogP contribution in [0.15, 0.2) is 23.7 Å². The van der Waals surface area contributed by atoms with Crippen LogP contribution in [0.4, 0.5) is 5.13 Å². The summed E-state index contributed by atoms with van der Waals surface area (Å²) in [5.74, 6) is -1.82. The predicted octanol–water partition coefficient (Wildman–Crippen LogP) is 2.76. The third-order valence-corrected chi connectivity index (χ3v) is 7.77. The second-order valence-electron chi connectivity index (χ2n) is 10.8. The maximum absolute atomic E-state index is 13.9. The molecule has 2 aliphatic rings. The molecule has 3 atom stereocenters. The molecule has 0 radical (unpaired) electrons. The number of halogens is 1. The summed E-state index contributed by atoms with van der Waals surface area (Å²) in [6, 6.07) is 1.73. The number of hydrogen-bond donors (Lipinski definition) is 3. The molecule has 0 aromatic carbocycles. The second-order valence-corrected chi connectivity index (χ2v) is 12.1. The van der Waals surface area contributed by atoms with E-state index < -0.39 is 42.3 Å². The summed E-state index contributed by atoms with van der Waals surface area (Å²) in [4.78, 5) is 61.7. The number of amides is 3. The summed E-state index contributed by atoms with van der Waals surface area (Å²) < 4.78 is 5.99. The van der Waals surface area contributed by atoms with E-state index in [2.05, 4.69) is 25.9 Å². The number of nitrogens with one attached hydrogen (secondary N) is 3. The maximum Gasteiger partial charge on any atom is 0.289 e. The Hall–Kier alpha value is -3.25. The van der Waals surface area contributed by atoms with Gasteiger partial charge >= 0.3 is 0 Å². The zero-order valence-corrected chi connectivity index (χ0v) is 24.6. The van der Waals surface area contributed by atoms with E-state index >= 15 is 0 Å². The first-order chi connectivity index (χ1) is 19.0. The van der Waals surface area contributed by atoms with Crippen molar-refractivity contribution >= 4 is 51.6 Å². The number of nitrogens with zero attached hydrogens (tertiary/aromatic N) is 3. The molecule has 13 heteroatoms. The van der Waals surface area contributed by atoms with Crippen LogP contribution in [0.5, 0.6) is 5.88 Å². The van der Waals surface area contributed by atoms with Crippen LogP contribution in [-0.2, 0) is 19.2 Å². The van der Waals surface area contributed by atoms with Crippen molar-refractivity contribution in [1.82, 2.24) is 25.5 Å². The molecule has 2 aromatic heterocycles. The van der Waals surface area contributed by atoms with Gasteiger partial charge in [-0.2, -0.15) is 0 Å². The van der Waals surface area contributed by atoms with Crippen LogP contribution in [-0.4, -0.2) is 75.7 Å². The van der Waals surface area contributed by atoms with Gasteiger partial charge in [-0.3, -0.25) is 19.2 Å². The highest BCUT2D eigenvalue weighted by Gasteiger charge is 2.44. The molecule has 4 rings (SSSR count). The summed E-state index contributed by atoms with van der Waals surface area (Å²) in [6.07, 6.45) is 2.81. The fourth-order valence-corrected chi connectivity index (χ4v) is 5.30. The monoisotopic (exact) mass is 590 g/mol. The van der Waals surface area contributed by atoms with E-state index in [4.69, 9.17) is 16.3 Å². The highest BCUT2D eigenvalue weighted by molar-refractivity contribution is 7.13. The van der Waals surface area contributed by atoms with E-state index in [1.165, 1.54) is 22.4 Å². The largest absolute Gasteiger partial charge is 0.472 e. The molecule has 1 saturated carbocycles. The maximum atomic E-state index is 13.9. The van der Waals surface area contributed by atoms with Crippen molar-refractivity contribution in [1.29, 1.82) is 0 Å². The Balaban J connectivity index is 1.48. The number of thiazole rings is 1. The first-order valence-electron chi connectivity index (χ1n) is 13.4. The third kappa shape index (κ3) is 7.69. The average Bonchev–Trinajstić information content (AvgIpc) is 3.42. The van der Waals surface area contributed by atoms with Crippen molar-refractivity contribution in [3.05, 3.63) is 34.4 Å². The minimum absolute atomic E-state index is 0.0319. The number of ether oxygens (including phenoxy) is 1. The van der Waals surface area contributed by atoms with Crippen molar-refractivity contribution in [3.8, 4) is 5.88 Å². The number of likely N-dealkylation sites (tertiary alicyclic amines) is 1. The molecule has 216 valence electrons. The number of carbonyl (C=O) groups is 4. The number of aromatic nitrogens is 2. The van der Waals surface area contributed by atoms with Crippen LogP contribution < -0.4 is 20.7 Å². The smallest absolute Gasteiger partial charge is 0.289 e. The number of Topliss-reactive ketones (excluding diaryl/α,β-unsaturated/α-hetero) is 1. The van der Waals surface area contributed by atoms with Crippen molar-refractivity contribution in [2.75, 3.05) is 18.4 Å². The van der Waals surface area contributed by atoms with Crippen molar-refractivity contribution < 1.29 is 23.9 Å². The summed E-state index contributed by atoms with van der Waals surface area (Å²) >= 11 is 7.36. The van der Waals surface area contributed by atoms with Crippen LogP contribution in [0, 0.1) is 5.92 Å². The Labute approximate surface area is 242 Å². The molecule has 0 unspecified atom stereocenters. The zero-order valence-electron chi connectivity index (χ0n) is 23.0. The van der Waals surface area contributed by atoms with E-state index in [-0.39, 0.29) is 36.8 Å². The lowest BCUT2D eigenvalue weighted by Gasteiger charge is -2.30. The Morgan fingerprint density at radius 2 is 1.93 bits per heavy atom. The van der Waals surface area contributed by atoms with Gasteiger partial charge in [-0.15, -0.1) is 11.3 Å². The SMILES string of the molecule is CC(C)c1csc(N[C@H](C(=O)N2C[C@H](Oc3ccc(Cl)cn3)C[C@H]2C(=O)NCC(=O)C(=O)NC2CC2)C(C)C)n1. The van der Waals surface area contributed by atoms with Gasteiger partial charge in [0.1, 0.15) is 18.2 Å². The standard InChI is InChI=1S/C27H35ClN6O5S/c1-14(2)19-13-40-27(32-19)33-23(15(3)4)26(38)34-12-18(39-22-8-5-16(28)10-29-22)9-20(34)24(36)30-11-21(35)25(37)31-17-6-7-17/h5,8,10,13-15,17-18,20,23H,6-7,9,11-12H2,1-4H3,(H,30,36)(H,31,37)(H,32,33)/t18-,20+,23+/m1/s1. The lowest BCUT2D eigenvalue weighted by atomic mass is 10.0. The van der Waals surface area contributed by atoms with Crippen LogP contribution in [0.25, 0.3) is 0 Å². The third-order valence-electron chi connectivity index (χ3n) is 6.75. The van der Waals surface area contributed by atoms with Crippen molar-refractivity contribution in [2.45, 2.75) is 77.1 Å². The van der Waals surface area contributed by atoms with E-state index in [0.29, 0.717) is 16.0 Å². The van der Waals surface area contributed by atoms with Gasteiger partial charge in [-0.05, 0) is 30.7 Å². The molecule has 3 N–H and O–H groups in total. The molecule has 1 aliphatic heterocycles. The Morgan fingerprint density at radius 1 is 1.18 bits per heavy atom. The van der Waals surface area contributed by atoms with E-state index in [1.807, 2.05) is 33.1 Å². The van der Waals surface area contributed by atoms with Crippen LogP contribution in [0.2, 0.25) is 5.02 Å². The quantitative estimate of drug-likeness (QED) is 0.320. The number of hydrogen-bond acceptors (Lipinski definition) is 9. The first kappa shape index (κ1) is 29.7. The van der Waals surface area contributed by atoms with E-state index in [0.717, 1.165) is 18.5 Å². The minimum Gasteiger partial charge on any atom is -0.472 e. The number of pyridine rings is 1. The van der Waals surface area contributed by atoms with Crippen LogP contribution in [0.3, 0.4) is 0 Å². The topological polar surface area (TPSA) is 143 Å². The van der Waals surface area contributed by atoms with Gasteiger partial charge in [0.05, 0.1) is 23.8 Å². The molecule has 3 heterocycles. The highest BCUT2D eigenvalue weighted by atomic mass is 35.5. The molecule has 1 aliphatic carbocycles. The Morgan fingerprint density at radius 3 is 2.52 bits per heavy atom. The van der Waals surface area contributed by atoms with Crippen molar-refractivity contribution in [2.24, 2.45) is 5.92 Å². The predicted molar refractivity (Wildman–Crippen MR) is 151 cm³/mol. The molecule has 2 aromatic rings. The first-order valence-corrected chi connectivity index (χ1v) is 14.7. The summed E-state index contributed by atoms with van der Waals surface area (Å²) in [5, 5.41) is 11.5. The molecular formula is C27H35ClN6O5S. The van der Waals surface area contributed by atoms with Gasteiger partial charge in [-0.25, -0.2) is 9.97 Å². The Bertz CT molecular complexity index is 1230. The lowest BCUT2D eigenvalue weighted by molar-refractivity contribution is -0.141. The molecule has 3 amide bonds. The Kier molecular flexibility index (Phi) is 9.62. The number of anilines is 1. The highest BCUT2D eigenvalue weighted by Crippen LogP contribution is 2.28. The normalized spacial score (nSPS) is 19.4. The van der Waals surface area contributed by atoms with Gasteiger partial charge in [0.15, 0.2) is 5.13 Å². The van der Waals surface area contributed by atoms with Crippen LogP contribution in [0.1, 0.15) is 58.6 Å². The summed E-state index contributed by atoms with van der Waals surface area (Å²) in [7, 11) is 0. The summed E-state index contributed by atoms with van der Waals surface area (Å²) in [5.41, 5.74) is 0.931. The van der Waals surface area contributed by atoms with E-state index in [1.54, 1.807) is 12.1 Å². The van der Waals surface area contributed by atoms with Gasteiger partial charge in [0, 0.05) is 30.1 Å². The zero-order chi connectivity index (χ0) is 29.0. The van der Waals surface area contributed by atoms with Gasteiger partial charge < -0.3 is 25.6 Å².